The van der Waals surface area contributed by atoms with Crippen molar-refractivity contribution in [1.29, 1.82) is 0 Å². The van der Waals surface area contributed by atoms with Gasteiger partial charge in [-0.15, -0.1) is 0 Å². The minimum absolute atomic E-state index is 0.0220. The fourth-order valence-corrected chi connectivity index (χ4v) is 2.02. The molecule has 0 aliphatic heterocycles. The predicted molar refractivity (Wildman–Crippen MR) is 74.5 cm³/mol. The van der Waals surface area contributed by atoms with Gasteiger partial charge in [-0.2, -0.15) is 0 Å². The molecule has 0 saturated heterocycles. The topological polar surface area (TPSA) is 53.4 Å². The second kappa shape index (κ2) is 8.21. The van der Waals surface area contributed by atoms with Crippen molar-refractivity contribution in [2.75, 3.05) is 19.7 Å². The highest BCUT2D eigenvalue weighted by molar-refractivity contribution is 9.10. The molecule has 1 heterocycles. The van der Waals surface area contributed by atoms with Gasteiger partial charge >= 0.3 is 0 Å². The number of hydrogen-bond donors (Lipinski definition) is 1. The fourth-order valence-electron chi connectivity index (χ4n) is 1.68. The highest BCUT2D eigenvalue weighted by Crippen LogP contribution is 2.09. The zero-order valence-corrected chi connectivity index (χ0v) is 12.2. The van der Waals surface area contributed by atoms with Gasteiger partial charge in [-0.05, 0) is 34.5 Å². The van der Waals surface area contributed by atoms with Gasteiger partial charge in [0.25, 0.3) is 5.91 Å². The zero-order chi connectivity index (χ0) is 13.4. The van der Waals surface area contributed by atoms with Crippen LogP contribution >= 0.6 is 15.9 Å². The van der Waals surface area contributed by atoms with Gasteiger partial charge in [0.05, 0.1) is 6.61 Å². The third-order valence-corrected chi connectivity index (χ3v) is 3.06. The van der Waals surface area contributed by atoms with E-state index in [0.29, 0.717) is 23.4 Å². The number of halogens is 1. The molecule has 0 saturated carbocycles. The van der Waals surface area contributed by atoms with Gasteiger partial charge in [-0.25, -0.2) is 4.98 Å². The molecule has 0 aliphatic rings. The molecule has 18 heavy (non-hydrogen) atoms. The second-order valence-corrected chi connectivity index (χ2v) is 4.88. The normalized spacial score (nSPS) is 10.4. The number of pyridine rings is 1. The number of aliphatic hydroxyl groups is 1. The summed E-state index contributed by atoms with van der Waals surface area (Å²) in [7, 11) is 0. The molecule has 0 bridgehead atoms. The van der Waals surface area contributed by atoms with Crippen LogP contribution in [0, 0.1) is 0 Å². The minimum atomic E-state index is -0.124. The first-order valence-electron chi connectivity index (χ1n) is 6.21. The SMILES string of the molecule is CCCCCN(CCO)C(=O)c1cccc(Br)n1. The standard InChI is InChI=1S/C13H19BrN2O2/c1-2-3-4-8-16(9-10-17)13(18)11-6-5-7-12(14)15-11/h5-7,17H,2-4,8-10H2,1H3. The van der Waals surface area contributed by atoms with Crippen LogP contribution in [-0.2, 0) is 0 Å². The number of hydrogen-bond acceptors (Lipinski definition) is 3. The van der Waals surface area contributed by atoms with Crippen molar-refractivity contribution in [2.24, 2.45) is 0 Å². The van der Waals surface area contributed by atoms with Crippen molar-refractivity contribution in [3.05, 3.63) is 28.5 Å². The van der Waals surface area contributed by atoms with Gasteiger partial charge < -0.3 is 10.0 Å². The lowest BCUT2D eigenvalue weighted by atomic mass is 10.2. The highest BCUT2D eigenvalue weighted by atomic mass is 79.9. The zero-order valence-electron chi connectivity index (χ0n) is 10.6. The van der Waals surface area contributed by atoms with Crippen LogP contribution in [0.4, 0.5) is 0 Å². The number of aromatic nitrogens is 1. The molecule has 0 fully saturated rings. The summed E-state index contributed by atoms with van der Waals surface area (Å²) in [6.45, 7) is 3.12. The van der Waals surface area contributed by atoms with Crippen LogP contribution in [0.25, 0.3) is 0 Å². The van der Waals surface area contributed by atoms with Crippen molar-refractivity contribution in [1.82, 2.24) is 9.88 Å². The molecule has 0 unspecified atom stereocenters. The van der Waals surface area contributed by atoms with Crippen molar-refractivity contribution < 1.29 is 9.90 Å². The molecule has 0 spiro atoms. The van der Waals surface area contributed by atoms with Crippen LogP contribution in [0.2, 0.25) is 0 Å². The maximum atomic E-state index is 12.2. The smallest absolute Gasteiger partial charge is 0.272 e. The number of rotatable bonds is 7. The fraction of sp³-hybridized carbons (Fsp3) is 0.538. The largest absolute Gasteiger partial charge is 0.395 e. The van der Waals surface area contributed by atoms with E-state index >= 15 is 0 Å². The van der Waals surface area contributed by atoms with Crippen LogP contribution in [0.3, 0.4) is 0 Å². The Balaban J connectivity index is 2.69. The molecular weight excluding hydrogens is 296 g/mol. The monoisotopic (exact) mass is 314 g/mol. The molecule has 4 nitrogen and oxygen atoms in total. The second-order valence-electron chi connectivity index (χ2n) is 4.07. The average Bonchev–Trinajstić information content (AvgIpc) is 2.37. The number of carbonyl (C=O) groups is 1. The molecule has 0 aliphatic carbocycles. The first kappa shape index (κ1) is 15.1. The average molecular weight is 315 g/mol. The first-order chi connectivity index (χ1) is 8.69. The number of aliphatic hydroxyl groups excluding tert-OH is 1. The van der Waals surface area contributed by atoms with Crippen LogP contribution in [0.5, 0.6) is 0 Å². The van der Waals surface area contributed by atoms with E-state index < -0.39 is 0 Å². The van der Waals surface area contributed by atoms with E-state index in [0.717, 1.165) is 19.3 Å². The molecular formula is C13H19BrN2O2. The Morgan fingerprint density at radius 1 is 1.39 bits per heavy atom. The van der Waals surface area contributed by atoms with Crippen LogP contribution in [0.1, 0.15) is 36.7 Å². The lowest BCUT2D eigenvalue weighted by Gasteiger charge is -2.21. The summed E-state index contributed by atoms with van der Waals surface area (Å²) < 4.78 is 0.644. The summed E-state index contributed by atoms with van der Waals surface area (Å²) in [5.74, 6) is -0.124. The summed E-state index contributed by atoms with van der Waals surface area (Å²) in [6.07, 6.45) is 3.15. The molecule has 1 amide bonds. The number of amides is 1. The van der Waals surface area contributed by atoms with Crippen LogP contribution < -0.4 is 0 Å². The Kier molecular flexibility index (Phi) is 6.90. The van der Waals surface area contributed by atoms with E-state index in [4.69, 9.17) is 5.11 Å². The van der Waals surface area contributed by atoms with E-state index in [9.17, 15) is 4.79 Å². The highest BCUT2D eigenvalue weighted by Gasteiger charge is 2.16. The Labute approximate surface area is 116 Å². The van der Waals surface area contributed by atoms with E-state index in [1.165, 1.54) is 0 Å². The summed E-state index contributed by atoms with van der Waals surface area (Å²) in [5, 5.41) is 9.02. The molecule has 1 rings (SSSR count). The molecule has 5 heteroatoms. The summed E-state index contributed by atoms with van der Waals surface area (Å²) in [5.41, 5.74) is 0.411. The van der Waals surface area contributed by atoms with Crippen molar-refractivity contribution in [3.8, 4) is 0 Å². The van der Waals surface area contributed by atoms with Crippen molar-refractivity contribution in [3.63, 3.8) is 0 Å². The van der Waals surface area contributed by atoms with Crippen LogP contribution in [0.15, 0.2) is 22.8 Å². The molecule has 0 aromatic carbocycles. The van der Waals surface area contributed by atoms with E-state index in [1.54, 1.807) is 23.1 Å². The molecule has 1 N–H and O–H groups in total. The maximum absolute atomic E-state index is 12.2. The predicted octanol–water partition coefficient (Wildman–Crippen LogP) is 2.47. The quantitative estimate of drug-likeness (QED) is 0.621. The molecule has 1 aromatic rings. The summed E-state index contributed by atoms with van der Waals surface area (Å²) in [6, 6.07) is 5.26. The third kappa shape index (κ3) is 4.74. The lowest BCUT2D eigenvalue weighted by molar-refractivity contribution is 0.0712. The maximum Gasteiger partial charge on any atom is 0.272 e. The first-order valence-corrected chi connectivity index (χ1v) is 7.01. The Bertz CT molecular complexity index is 385. The Morgan fingerprint density at radius 3 is 2.78 bits per heavy atom. The Morgan fingerprint density at radius 2 is 2.17 bits per heavy atom. The third-order valence-electron chi connectivity index (χ3n) is 2.62. The molecule has 0 radical (unpaired) electrons. The van der Waals surface area contributed by atoms with Gasteiger partial charge in [0.1, 0.15) is 10.3 Å². The van der Waals surface area contributed by atoms with Crippen molar-refractivity contribution >= 4 is 21.8 Å². The van der Waals surface area contributed by atoms with E-state index in [1.807, 2.05) is 0 Å². The lowest BCUT2D eigenvalue weighted by Crippen LogP contribution is -2.35. The van der Waals surface area contributed by atoms with Gasteiger partial charge in [-0.3, -0.25) is 4.79 Å². The summed E-state index contributed by atoms with van der Waals surface area (Å²) in [4.78, 5) is 18.0. The van der Waals surface area contributed by atoms with Gasteiger partial charge in [0.2, 0.25) is 0 Å². The van der Waals surface area contributed by atoms with Crippen LogP contribution in [-0.4, -0.2) is 40.6 Å². The van der Waals surface area contributed by atoms with Gasteiger partial charge in [0, 0.05) is 13.1 Å². The van der Waals surface area contributed by atoms with E-state index in [2.05, 4.69) is 27.8 Å². The molecule has 100 valence electrons. The number of nitrogens with zero attached hydrogens (tertiary/aromatic N) is 2. The minimum Gasteiger partial charge on any atom is -0.395 e. The molecule has 1 aromatic heterocycles. The number of carbonyl (C=O) groups excluding carboxylic acids is 1. The van der Waals surface area contributed by atoms with Gasteiger partial charge in [-0.1, -0.05) is 25.8 Å². The van der Waals surface area contributed by atoms with Gasteiger partial charge in [0.15, 0.2) is 0 Å². The Hall–Kier alpha value is -0.940. The summed E-state index contributed by atoms with van der Waals surface area (Å²) >= 11 is 3.25. The van der Waals surface area contributed by atoms with E-state index in [-0.39, 0.29) is 12.5 Å². The number of unbranched alkanes of at least 4 members (excludes halogenated alkanes) is 2. The molecule has 0 atom stereocenters. The van der Waals surface area contributed by atoms with Crippen molar-refractivity contribution in [2.45, 2.75) is 26.2 Å².